The minimum absolute atomic E-state index is 0.227. The van der Waals surface area contributed by atoms with E-state index in [2.05, 4.69) is 0 Å². The lowest BCUT2D eigenvalue weighted by Gasteiger charge is -2.33. The Labute approximate surface area is 85.0 Å². The van der Waals surface area contributed by atoms with Crippen molar-refractivity contribution in [3.63, 3.8) is 0 Å². The van der Waals surface area contributed by atoms with Crippen LogP contribution in [0.15, 0.2) is 0 Å². The molecule has 0 aromatic heterocycles. The number of primary amides is 1. The van der Waals surface area contributed by atoms with Crippen LogP contribution in [-0.4, -0.2) is 11.6 Å². The zero-order valence-electron chi connectivity index (χ0n) is 9.22. The van der Waals surface area contributed by atoms with Gasteiger partial charge in [0.15, 0.2) is 5.67 Å². The third-order valence-corrected chi connectivity index (χ3v) is 3.70. The molecular formula is C11H20FNO. The van der Waals surface area contributed by atoms with Crippen LogP contribution in [0.3, 0.4) is 0 Å². The van der Waals surface area contributed by atoms with Crippen molar-refractivity contribution in [2.75, 3.05) is 0 Å². The van der Waals surface area contributed by atoms with E-state index in [9.17, 15) is 9.18 Å². The Hall–Kier alpha value is -0.600. The van der Waals surface area contributed by atoms with E-state index in [1.165, 1.54) is 0 Å². The topological polar surface area (TPSA) is 43.1 Å². The maximum Gasteiger partial charge on any atom is 0.255 e. The number of carbonyl (C=O) groups excluding carboxylic acids is 1. The average Bonchev–Trinajstić information content (AvgIpc) is 2.96. The molecule has 1 saturated carbocycles. The van der Waals surface area contributed by atoms with Gasteiger partial charge in [0.25, 0.3) is 5.91 Å². The summed E-state index contributed by atoms with van der Waals surface area (Å²) in [5, 5.41) is 0. The van der Waals surface area contributed by atoms with Crippen molar-refractivity contribution in [3.05, 3.63) is 0 Å². The number of rotatable bonds is 5. The zero-order valence-corrected chi connectivity index (χ0v) is 9.22. The van der Waals surface area contributed by atoms with Gasteiger partial charge in [0.05, 0.1) is 0 Å². The first kappa shape index (κ1) is 11.5. The summed E-state index contributed by atoms with van der Waals surface area (Å²) in [6, 6.07) is 0. The minimum Gasteiger partial charge on any atom is -0.367 e. The van der Waals surface area contributed by atoms with Crippen molar-refractivity contribution < 1.29 is 9.18 Å². The lowest BCUT2D eigenvalue weighted by atomic mass is 9.76. The molecule has 1 amide bonds. The van der Waals surface area contributed by atoms with Crippen molar-refractivity contribution in [2.45, 2.75) is 45.7 Å². The fraction of sp³-hybridized carbons (Fsp3) is 0.909. The van der Waals surface area contributed by atoms with Crippen LogP contribution in [0.2, 0.25) is 0 Å². The van der Waals surface area contributed by atoms with Gasteiger partial charge in [-0.2, -0.15) is 0 Å². The third kappa shape index (κ3) is 1.77. The van der Waals surface area contributed by atoms with Gasteiger partial charge in [0, 0.05) is 5.92 Å². The molecule has 0 aromatic carbocycles. The van der Waals surface area contributed by atoms with E-state index < -0.39 is 11.6 Å². The van der Waals surface area contributed by atoms with Gasteiger partial charge in [-0.1, -0.05) is 20.8 Å². The molecule has 1 aliphatic rings. The summed E-state index contributed by atoms with van der Waals surface area (Å²) in [6.45, 7) is 5.47. The van der Waals surface area contributed by atoms with Crippen molar-refractivity contribution in [2.24, 2.45) is 23.5 Å². The molecule has 0 aromatic rings. The van der Waals surface area contributed by atoms with Crippen molar-refractivity contribution in [1.82, 2.24) is 0 Å². The number of carbonyl (C=O) groups is 1. The van der Waals surface area contributed by atoms with Gasteiger partial charge in [-0.15, -0.1) is 0 Å². The molecule has 2 N–H and O–H groups in total. The number of alkyl halides is 1. The van der Waals surface area contributed by atoms with Crippen molar-refractivity contribution in [3.8, 4) is 0 Å². The predicted octanol–water partition coefficient (Wildman–Crippen LogP) is 2.27. The van der Waals surface area contributed by atoms with Gasteiger partial charge in [-0.3, -0.25) is 4.79 Å². The highest BCUT2D eigenvalue weighted by atomic mass is 19.1. The molecule has 14 heavy (non-hydrogen) atoms. The van der Waals surface area contributed by atoms with E-state index >= 15 is 0 Å². The lowest BCUT2D eigenvalue weighted by molar-refractivity contribution is -0.138. The van der Waals surface area contributed by atoms with Crippen LogP contribution in [0.1, 0.15) is 40.0 Å². The fourth-order valence-corrected chi connectivity index (χ4v) is 2.15. The summed E-state index contributed by atoms with van der Waals surface area (Å²) in [5.41, 5.74) is 3.39. The summed E-state index contributed by atoms with van der Waals surface area (Å²) in [4.78, 5) is 11.2. The summed E-state index contributed by atoms with van der Waals surface area (Å²) < 4.78 is 14.5. The molecule has 3 heteroatoms. The molecule has 0 aliphatic heterocycles. The van der Waals surface area contributed by atoms with Gasteiger partial charge >= 0.3 is 0 Å². The molecule has 0 bridgehead atoms. The molecule has 3 atom stereocenters. The molecule has 1 fully saturated rings. The quantitative estimate of drug-likeness (QED) is 0.728. The Bertz CT molecular complexity index is 227. The summed E-state index contributed by atoms with van der Waals surface area (Å²) >= 11 is 0. The second kappa shape index (κ2) is 3.87. The molecule has 0 radical (unpaired) electrons. The standard InChI is InChI=1S/C11H20FNO/c1-4-7(2)11(12,10(13)14)8(3)9-5-6-9/h7-9H,4-6H2,1-3H3,(H2,13,14). The van der Waals surface area contributed by atoms with Crippen LogP contribution in [0.25, 0.3) is 0 Å². The van der Waals surface area contributed by atoms with Gasteiger partial charge in [-0.05, 0) is 31.1 Å². The highest BCUT2D eigenvalue weighted by Crippen LogP contribution is 2.46. The molecule has 0 spiro atoms. The number of halogens is 1. The molecular weight excluding hydrogens is 181 g/mol. The van der Waals surface area contributed by atoms with Gasteiger partial charge in [-0.25, -0.2) is 4.39 Å². The lowest BCUT2D eigenvalue weighted by Crippen LogP contribution is -2.50. The Morgan fingerprint density at radius 3 is 2.36 bits per heavy atom. The summed E-state index contributed by atoms with van der Waals surface area (Å²) in [7, 11) is 0. The van der Waals surface area contributed by atoms with Crippen LogP contribution in [0, 0.1) is 17.8 Å². The van der Waals surface area contributed by atoms with E-state index in [0.717, 1.165) is 12.8 Å². The summed E-state index contributed by atoms with van der Waals surface area (Å²) in [5.74, 6) is -0.932. The largest absolute Gasteiger partial charge is 0.367 e. The Morgan fingerprint density at radius 2 is 2.07 bits per heavy atom. The van der Waals surface area contributed by atoms with Crippen molar-refractivity contribution in [1.29, 1.82) is 0 Å². The fourth-order valence-electron chi connectivity index (χ4n) is 2.15. The summed E-state index contributed by atoms with van der Waals surface area (Å²) in [6.07, 6.45) is 2.73. The van der Waals surface area contributed by atoms with E-state index in [0.29, 0.717) is 12.3 Å². The molecule has 82 valence electrons. The van der Waals surface area contributed by atoms with Crippen LogP contribution < -0.4 is 5.73 Å². The number of amides is 1. The Kier molecular flexibility index (Phi) is 3.17. The SMILES string of the molecule is CCC(C)C(F)(C(N)=O)C(C)C1CC1. The third-order valence-electron chi connectivity index (χ3n) is 3.70. The molecule has 2 nitrogen and oxygen atoms in total. The number of nitrogens with two attached hydrogens (primary N) is 1. The van der Waals surface area contributed by atoms with Gasteiger partial charge in [0.1, 0.15) is 0 Å². The molecule has 0 heterocycles. The monoisotopic (exact) mass is 201 g/mol. The van der Waals surface area contributed by atoms with Crippen LogP contribution >= 0.6 is 0 Å². The van der Waals surface area contributed by atoms with E-state index in [-0.39, 0.29) is 11.8 Å². The number of hydrogen-bond donors (Lipinski definition) is 1. The van der Waals surface area contributed by atoms with Crippen LogP contribution in [0.4, 0.5) is 4.39 Å². The van der Waals surface area contributed by atoms with Gasteiger partial charge in [0.2, 0.25) is 0 Å². The van der Waals surface area contributed by atoms with Gasteiger partial charge < -0.3 is 5.73 Å². The van der Waals surface area contributed by atoms with E-state index in [1.54, 1.807) is 6.92 Å². The first-order valence-electron chi connectivity index (χ1n) is 5.43. The highest BCUT2D eigenvalue weighted by molar-refractivity contribution is 5.84. The average molecular weight is 201 g/mol. The van der Waals surface area contributed by atoms with Crippen molar-refractivity contribution >= 4 is 5.91 Å². The Morgan fingerprint density at radius 1 is 1.57 bits per heavy atom. The normalized spacial score (nSPS) is 25.1. The second-order valence-corrected chi connectivity index (χ2v) is 4.57. The molecule has 1 aliphatic carbocycles. The number of hydrogen-bond acceptors (Lipinski definition) is 1. The maximum absolute atomic E-state index is 14.5. The maximum atomic E-state index is 14.5. The molecule has 0 saturated heterocycles. The predicted molar refractivity (Wildman–Crippen MR) is 54.4 cm³/mol. The molecule has 1 rings (SSSR count). The first-order chi connectivity index (χ1) is 6.44. The highest BCUT2D eigenvalue weighted by Gasteiger charge is 2.51. The van der Waals surface area contributed by atoms with E-state index in [1.807, 2.05) is 13.8 Å². The minimum atomic E-state index is -1.81. The Balaban J connectivity index is 2.84. The zero-order chi connectivity index (χ0) is 10.9. The molecule has 3 unspecified atom stereocenters. The van der Waals surface area contributed by atoms with Crippen LogP contribution in [-0.2, 0) is 4.79 Å². The van der Waals surface area contributed by atoms with Crippen LogP contribution in [0.5, 0.6) is 0 Å². The smallest absolute Gasteiger partial charge is 0.255 e. The second-order valence-electron chi connectivity index (χ2n) is 4.57. The van der Waals surface area contributed by atoms with E-state index in [4.69, 9.17) is 5.73 Å². The first-order valence-corrected chi connectivity index (χ1v) is 5.43.